The maximum atomic E-state index is 13.8. The highest BCUT2D eigenvalue weighted by Crippen LogP contribution is 2.31. The van der Waals surface area contributed by atoms with Crippen LogP contribution >= 0.6 is 0 Å². The lowest BCUT2D eigenvalue weighted by atomic mass is 10.1. The van der Waals surface area contributed by atoms with Crippen LogP contribution < -0.4 is 4.90 Å². The molecule has 0 radical (unpaired) electrons. The van der Waals surface area contributed by atoms with Crippen molar-refractivity contribution in [2.75, 3.05) is 24.5 Å². The van der Waals surface area contributed by atoms with Crippen LogP contribution in [-0.4, -0.2) is 46.2 Å². The summed E-state index contributed by atoms with van der Waals surface area (Å²) in [5.74, 6) is 0.293. The molecule has 0 N–H and O–H groups in total. The van der Waals surface area contributed by atoms with E-state index in [1.165, 1.54) is 42.5 Å². The summed E-state index contributed by atoms with van der Waals surface area (Å²) in [5.41, 5.74) is 5.63. The first-order valence-corrected chi connectivity index (χ1v) is 16.0. The molecular formula is C36H46N4O2. The molecule has 222 valence electrons. The van der Waals surface area contributed by atoms with Gasteiger partial charge in [-0.05, 0) is 61.4 Å². The van der Waals surface area contributed by atoms with Gasteiger partial charge in [0, 0.05) is 57.4 Å². The van der Waals surface area contributed by atoms with Gasteiger partial charge in [-0.1, -0.05) is 80.3 Å². The first-order valence-electron chi connectivity index (χ1n) is 16.0. The van der Waals surface area contributed by atoms with E-state index in [2.05, 4.69) is 64.4 Å². The molecule has 2 aromatic carbocycles. The molecule has 3 aromatic rings. The van der Waals surface area contributed by atoms with Crippen molar-refractivity contribution in [3.63, 3.8) is 0 Å². The van der Waals surface area contributed by atoms with Gasteiger partial charge in [-0.25, -0.2) is 0 Å². The van der Waals surface area contributed by atoms with E-state index >= 15 is 0 Å². The Morgan fingerprint density at radius 3 is 2.33 bits per heavy atom. The number of aryl methyl sites for hydroxylation is 1. The van der Waals surface area contributed by atoms with Crippen LogP contribution in [0.3, 0.4) is 0 Å². The third-order valence-electron chi connectivity index (χ3n) is 8.79. The van der Waals surface area contributed by atoms with Crippen LogP contribution in [0.15, 0.2) is 72.8 Å². The maximum absolute atomic E-state index is 13.8. The number of rotatable bonds is 6. The van der Waals surface area contributed by atoms with E-state index in [0.29, 0.717) is 19.4 Å². The predicted octanol–water partition coefficient (Wildman–Crippen LogP) is 7.09. The Balaban J connectivity index is 1.31. The third-order valence-corrected chi connectivity index (χ3v) is 8.79. The Kier molecular flexibility index (Phi) is 10.6. The molecule has 1 unspecified atom stereocenters. The van der Waals surface area contributed by atoms with E-state index in [1.54, 1.807) is 6.92 Å². The number of hydrogen-bond donors (Lipinski definition) is 0. The fourth-order valence-corrected chi connectivity index (χ4v) is 6.52. The van der Waals surface area contributed by atoms with Gasteiger partial charge in [-0.15, -0.1) is 0 Å². The zero-order valence-electron chi connectivity index (χ0n) is 25.2. The minimum absolute atomic E-state index is 0.0487. The van der Waals surface area contributed by atoms with Gasteiger partial charge < -0.3 is 14.7 Å². The predicted molar refractivity (Wildman–Crippen MR) is 169 cm³/mol. The quantitative estimate of drug-likeness (QED) is 0.320. The summed E-state index contributed by atoms with van der Waals surface area (Å²) in [4.78, 5) is 37.3. The Hall–Kier alpha value is -3.67. The summed E-state index contributed by atoms with van der Waals surface area (Å²) in [5, 5.41) is 0. The van der Waals surface area contributed by atoms with Crippen LogP contribution in [0.1, 0.15) is 93.3 Å². The molecule has 5 rings (SSSR count). The average Bonchev–Trinajstić information content (AvgIpc) is 3.52. The molecule has 2 amide bonds. The summed E-state index contributed by atoms with van der Waals surface area (Å²) in [6.07, 6.45) is 10.1. The first kappa shape index (κ1) is 29.8. The normalized spacial score (nSPS) is 18.5. The smallest absolute Gasteiger partial charge is 0.223 e. The molecule has 42 heavy (non-hydrogen) atoms. The van der Waals surface area contributed by atoms with Crippen LogP contribution in [0.25, 0.3) is 0 Å². The minimum atomic E-state index is 0.0487. The van der Waals surface area contributed by atoms with Crippen LogP contribution in [0.5, 0.6) is 0 Å². The molecule has 0 spiro atoms. The molecule has 1 fully saturated rings. The lowest BCUT2D eigenvalue weighted by Crippen LogP contribution is -2.33. The summed E-state index contributed by atoms with van der Waals surface area (Å²) >= 11 is 0. The van der Waals surface area contributed by atoms with Crippen molar-refractivity contribution in [2.24, 2.45) is 0 Å². The monoisotopic (exact) mass is 566 g/mol. The maximum Gasteiger partial charge on any atom is 0.223 e. The number of benzene rings is 2. The number of pyridine rings is 1. The van der Waals surface area contributed by atoms with Gasteiger partial charge in [0.1, 0.15) is 0 Å². The second-order valence-electron chi connectivity index (χ2n) is 11.9. The summed E-state index contributed by atoms with van der Waals surface area (Å²) in [7, 11) is 0. The van der Waals surface area contributed by atoms with Gasteiger partial charge in [0.15, 0.2) is 0 Å². The molecule has 6 heteroatoms. The summed E-state index contributed by atoms with van der Waals surface area (Å²) in [6, 6.07) is 25.4. The molecule has 6 nitrogen and oxygen atoms in total. The lowest BCUT2D eigenvalue weighted by Gasteiger charge is -2.30. The van der Waals surface area contributed by atoms with E-state index in [-0.39, 0.29) is 17.9 Å². The Morgan fingerprint density at radius 1 is 0.786 bits per heavy atom. The van der Waals surface area contributed by atoms with Crippen molar-refractivity contribution in [2.45, 2.75) is 90.3 Å². The standard InChI is InChI=1S/C36H46N4O2/c1-29(41)40-26-14-21-35(40)33-19-13-18-32(37-33)22-23-36(42)39-25-12-5-3-2-4-11-24-38(27-30-15-7-6-8-16-30)34-20-10-9-17-31(34)28-39/h6-10,13,15-20,35H,2-5,11-12,14,21-28H2,1H3. The average molecular weight is 567 g/mol. The number of hydrogen-bond acceptors (Lipinski definition) is 4. The molecular weight excluding hydrogens is 520 g/mol. The SMILES string of the molecule is CC(=O)N1CCCC1c1cccc(CCC(=O)N2CCCCCCCCN(Cc3ccccc3)c3ccccc3C2)n1. The van der Waals surface area contributed by atoms with Crippen molar-refractivity contribution < 1.29 is 9.59 Å². The van der Waals surface area contributed by atoms with Crippen LogP contribution in [0, 0.1) is 0 Å². The van der Waals surface area contributed by atoms with Gasteiger partial charge in [0.2, 0.25) is 11.8 Å². The van der Waals surface area contributed by atoms with E-state index in [4.69, 9.17) is 4.98 Å². The molecule has 1 saturated heterocycles. The van der Waals surface area contributed by atoms with Crippen LogP contribution in [0.4, 0.5) is 5.69 Å². The number of anilines is 1. The molecule has 0 saturated carbocycles. The number of amides is 2. The molecule has 1 aromatic heterocycles. The molecule has 3 heterocycles. The Bertz CT molecular complexity index is 1310. The van der Waals surface area contributed by atoms with Crippen molar-refractivity contribution in [3.8, 4) is 0 Å². The second-order valence-corrected chi connectivity index (χ2v) is 11.9. The third kappa shape index (κ3) is 7.99. The fourth-order valence-electron chi connectivity index (χ4n) is 6.52. The van der Waals surface area contributed by atoms with Gasteiger partial charge in [0.25, 0.3) is 0 Å². The molecule has 0 aliphatic carbocycles. The number of carbonyl (C=O) groups excluding carboxylic acids is 2. The Labute approximate surface area is 251 Å². The fraction of sp³-hybridized carbons (Fsp3) is 0.472. The van der Waals surface area contributed by atoms with Crippen molar-refractivity contribution in [3.05, 3.63) is 95.3 Å². The van der Waals surface area contributed by atoms with Gasteiger partial charge in [-0.2, -0.15) is 0 Å². The first-order chi connectivity index (χ1) is 20.6. The van der Waals surface area contributed by atoms with Crippen LogP contribution in [-0.2, 0) is 29.1 Å². The van der Waals surface area contributed by atoms with E-state index in [9.17, 15) is 9.59 Å². The summed E-state index contributed by atoms with van der Waals surface area (Å²) < 4.78 is 0. The molecule has 0 bridgehead atoms. The number of carbonyl (C=O) groups is 2. The van der Waals surface area contributed by atoms with E-state index in [1.807, 2.05) is 23.1 Å². The van der Waals surface area contributed by atoms with Gasteiger partial charge >= 0.3 is 0 Å². The van der Waals surface area contributed by atoms with E-state index in [0.717, 1.165) is 63.3 Å². The van der Waals surface area contributed by atoms with Gasteiger partial charge in [-0.3, -0.25) is 14.6 Å². The second kappa shape index (κ2) is 15.0. The minimum Gasteiger partial charge on any atom is -0.367 e. The topological polar surface area (TPSA) is 56.8 Å². The van der Waals surface area contributed by atoms with Crippen LogP contribution in [0.2, 0.25) is 0 Å². The number of likely N-dealkylation sites (tertiary alicyclic amines) is 1. The Morgan fingerprint density at radius 2 is 1.52 bits per heavy atom. The highest BCUT2D eigenvalue weighted by atomic mass is 16.2. The van der Waals surface area contributed by atoms with Crippen molar-refractivity contribution >= 4 is 17.5 Å². The number of aromatic nitrogens is 1. The van der Waals surface area contributed by atoms with Crippen molar-refractivity contribution in [1.82, 2.24) is 14.8 Å². The molecule has 2 aliphatic rings. The summed E-state index contributed by atoms with van der Waals surface area (Å²) in [6.45, 7) is 5.74. The highest BCUT2D eigenvalue weighted by molar-refractivity contribution is 5.77. The lowest BCUT2D eigenvalue weighted by molar-refractivity contribution is -0.132. The highest BCUT2D eigenvalue weighted by Gasteiger charge is 2.29. The molecule has 2 aliphatic heterocycles. The van der Waals surface area contributed by atoms with Gasteiger partial charge in [0.05, 0.1) is 11.7 Å². The zero-order valence-corrected chi connectivity index (χ0v) is 25.2. The van der Waals surface area contributed by atoms with Crippen molar-refractivity contribution in [1.29, 1.82) is 0 Å². The number of para-hydroxylation sites is 1. The largest absolute Gasteiger partial charge is 0.367 e. The zero-order chi connectivity index (χ0) is 29.1. The number of fused-ring (bicyclic) bond motifs is 1. The molecule has 1 atom stereocenters. The number of nitrogens with zero attached hydrogens (tertiary/aromatic N) is 4. The van der Waals surface area contributed by atoms with E-state index < -0.39 is 0 Å².